The Morgan fingerprint density at radius 2 is 1.76 bits per heavy atom. The highest BCUT2D eigenvalue weighted by atomic mass is 16.3. The number of phenolic OH excluding ortho intramolecular Hbond substituents is 1. The fourth-order valence-electron chi connectivity index (χ4n) is 3.96. The van der Waals surface area contributed by atoms with Gasteiger partial charge in [-0.25, -0.2) is 0 Å². The molecule has 2 aromatic rings. The van der Waals surface area contributed by atoms with Gasteiger partial charge in [-0.15, -0.1) is 0 Å². The molecule has 7 heteroatoms. The van der Waals surface area contributed by atoms with Crippen molar-refractivity contribution in [2.75, 3.05) is 32.7 Å². The molecule has 2 N–H and O–H groups in total. The monoisotopic (exact) mass is 397 g/mol. The third-order valence-electron chi connectivity index (χ3n) is 5.44. The number of piperazine rings is 1. The highest BCUT2D eigenvalue weighted by molar-refractivity contribution is 6.04. The summed E-state index contributed by atoms with van der Waals surface area (Å²) in [6, 6.07) is 6.52. The summed E-state index contributed by atoms with van der Waals surface area (Å²) < 4.78 is 0. The lowest BCUT2D eigenvalue weighted by molar-refractivity contribution is 0.0621. The average molecular weight is 397 g/mol. The van der Waals surface area contributed by atoms with Crippen molar-refractivity contribution in [2.24, 2.45) is 0 Å². The molecule has 7 nitrogen and oxygen atoms in total. The van der Waals surface area contributed by atoms with Crippen LogP contribution in [0.4, 0.5) is 0 Å². The van der Waals surface area contributed by atoms with E-state index in [0.717, 1.165) is 11.3 Å². The number of para-hydroxylation sites is 1. The number of aromatic nitrogens is 1. The van der Waals surface area contributed by atoms with Crippen molar-refractivity contribution >= 4 is 17.5 Å². The minimum atomic E-state index is -0.201. The molecule has 154 valence electrons. The first kappa shape index (κ1) is 20.8. The maximum absolute atomic E-state index is 12.9. The molecule has 1 amide bonds. The summed E-state index contributed by atoms with van der Waals surface area (Å²) in [5.74, 6) is -0.303. The first-order valence-corrected chi connectivity index (χ1v) is 9.88. The minimum Gasteiger partial charge on any atom is -0.507 e. The number of rotatable bonds is 6. The van der Waals surface area contributed by atoms with E-state index in [4.69, 9.17) is 0 Å². The summed E-state index contributed by atoms with van der Waals surface area (Å²) >= 11 is 0. The first-order valence-electron chi connectivity index (χ1n) is 9.88. The molecule has 3 rings (SSSR count). The number of nitrogens with zero attached hydrogens (tertiary/aromatic N) is 2. The van der Waals surface area contributed by atoms with E-state index < -0.39 is 0 Å². The molecule has 0 radical (unpaired) electrons. The van der Waals surface area contributed by atoms with Gasteiger partial charge in [-0.05, 0) is 38.0 Å². The number of carbonyl (C=O) groups is 3. The second kappa shape index (κ2) is 8.61. The van der Waals surface area contributed by atoms with Gasteiger partial charge in [-0.1, -0.05) is 19.1 Å². The van der Waals surface area contributed by atoms with Crippen LogP contribution in [0.3, 0.4) is 0 Å². The molecular weight excluding hydrogens is 370 g/mol. The topological polar surface area (TPSA) is 93.7 Å². The highest BCUT2D eigenvalue weighted by Crippen LogP contribution is 2.22. The number of aryl methyl sites for hydroxylation is 1. The van der Waals surface area contributed by atoms with Crippen LogP contribution in [-0.2, 0) is 6.42 Å². The molecular formula is C22H27N3O4. The van der Waals surface area contributed by atoms with Crippen LogP contribution < -0.4 is 0 Å². The van der Waals surface area contributed by atoms with Gasteiger partial charge in [0.05, 0.1) is 17.8 Å². The van der Waals surface area contributed by atoms with Crippen LogP contribution in [0.2, 0.25) is 0 Å². The quantitative estimate of drug-likeness (QED) is 0.730. The molecule has 1 aliphatic rings. The van der Waals surface area contributed by atoms with Crippen molar-refractivity contribution in [3.8, 4) is 5.75 Å². The SMILES string of the molecule is CCc1c(C(=O)CN2CCN(C(=O)c3ccccc3O)CC2)[nH]c(C)c1C(C)=O. The van der Waals surface area contributed by atoms with Gasteiger partial charge in [0.15, 0.2) is 11.6 Å². The van der Waals surface area contributed by atoms with E-state index in [1.807, 2.05) is 18.7 Å². The summed E-state index contributed by atoms with van der Waals surface area (Å²) in [5.41, 5.74) is 2.95. The van der Waals surface area contributed by atoms with Crippen molar-refractivity contribution < 1.29 is 19.5 Å². The Labute approximate surface area is 170 Å². The molecule has 0 aliphatic carbocycles. The molecule has 1 aliphatic heterocycles. The van der Waals surface area contributed by atoms with Crippen LogP contribution in [0, 0.1) is 6.92 Å². The number of amides is 1. The molecule has 1 aromatic carbocycles. The predicted molar refractivity (Wildman–Crippen MR) is 110 cm³/mol. The summed E-state index contributed by atoms with van der Waals surface area (Å²) in [6.45, 7) is 7.64. The number of H-pyrrole nitrogens is 1. The fraction of sp³-hybridized carbons (Fsp3) is 0.409. The lowest BCUT2D eigenvalue weighted by atomic mass is 10.0. The number of hydrogen-bond donors (Lipinski definition) is 2. The lowest BCUT2D eigenvalue weighted by Crippen LogP contribution is -2.50. The molecule has 0 unspecified atom stereocenters. The molecule has 1 saturated heterocycles. The third kappa shape index (κ3) is 4.24. The van der Waals surface area contributed by atoms with Gasteiger partial charge in [-0.3, -0.25) is 19.3 Å². The number of nitrogens with one attached hydrogen (secondary N) is 1. The van der Waals surface area contributed by atoms with Crippen LogP contribution in [0.5, 0.6) is 5.75 Å². The largest absolute Gasteiger partial charge is 0.507 e. The molecule has 0 saturated carbocycles. The van der Waals surface area contributed by atoms with Crippen molar-refractivity contribution in [1.29, 1.82) is 0 Å². The second-order valence-electron chi connectivity index (χ2n) is 7.40. The standard InChI is InChI=1S/C22H27N3O4/c1-4-16-20(15(3)26)14(2)23-21(16)19(28)13-24-9-11-25(12-10-24)22(29)17-7-5-6-8-18(17)27/h5-8,23,27H,4,9-13H2,1-3H3. The molecule has 0 bridgehead atoms. The first-order chi connectivity index (χ1) is 13.8. The highest BCUT2D eigenvalue weighted by Gasteiger charge is 2.27. The zero-order valence-electron chi connectivity index (χ0n) is 17.1. The average Bonchev–Trinajstić information content (AvgIpc) is 3.05. The number of aromatic hydroxyl groups is 1. The molecule has 1 aromatic heterocycles. The maximum atomic E-state index is 12.9. The van der Waals surface area contributed by atoms with E-state index in [2.05, 4.69) is 4.98 Å². The molecule has 1 fully saturated rings. The number of benzene rings is 1. The Hall–Kier alpha value is -2.93. The van der Waals surface area contributed by atoms with Gasteiger partial charge in [0.1, 0.15) is 5.75 Å². The molecule has 0 atom stereocenters. The zero-order chi connectivity index (χ0) is 21.1. The van der Waals surface area contributed by atoms with Crippen molar-refractivity contribution in [1.82, 2.24) is 14.8 Å². The van der Waals surface area contributed by atoms with Gasteiger partial charge in [0.25, 0.3) is 5.91 Å². The Morgan fingerprint density at radius 3 is 2.34 bits per heavy atom. The maximum Gasteiger partial charge on any atom is 0.257 e. The summed E-state index contributed by atoms with van der Waals surface area (Å²) in [4.78, 5) is 44.2. The Morgan fingerprint density at radius 1 is 1.10 bits per heavy atom. The molecule has 2 heterocycles. The van der Waals surface area contributed by atoms with Crippen molar-refractivity contribution in [3.05, 3.63) is 52.3 Å². The summed E-state index contributed by atoms with van der Waals surface area (Å²) in [6.07, 6.45) is 0.614. The third-order valence-corrected chi connectivity index (χ3v) is 5.44. The van der Waals surface area contributed by atoms with Gasteiger partial charge in [0.2, 0.25) is 0 Å². The number of aromatic amines is 1. The fourth-order valence-corrected chi connectivity index (χ4v) is 3.96. The Kier molecular flexibility index (Phi) is 6.17. The van der Waals surface area contributed by atoms with Gasteiger partial charge in [0, 0.05) is 37.4 Å². The van der Waals surface area contributed by atoms with Crippen LogP contribution in [0.25, 0.3) is 0 Å². The van der Waals surface area contributed by atoms with E-state index in [-0.39, 0.29) is 29.8 Å². The van der Waals surface area contributed by atoms with E-state index in [1.54, 1.807) is 23.1 Å². The predicted octanol–water partition coefficient (Wildman–Crippen LogP) is 2.43. The van der Waals surface area contributed by atoms with Crippen molar-refractivity contribution in [2.45, 2.75) is 27.2 Å². The van der Waals surface area contributed by atoms with E-state index in [1.165, 1.54) is 13.0 Å². The van der Waals surface area contributed by atoms with E-state index in [0.29, 0.717) is 49.4 Å². The number of ketones is 2. The molecule has 0 spiro atoms. The van der Waals surface area contributed by atoms with Crippen LogP contribution in [-0.4, -0.2) is 70.1 Å². The minimum absolute atomic E-state index is 0.0226. The number of Topliss-reactive ketones (excluding diaryl/α,β-unsaturated/α-hetero) is 2. The normalized spacial score (nSPS) is 14.8. The number of hydrogen-bond acceptors (Lipinski definition) is 5. The smallest absolute Gasteiger partial charge is 0.257 e. The Bertz CT molecular complexity index is 940. The Balaban J connectivity index is 1.63. The lowest BCUT2D eigenvalue weighted by Gasteiger charge is -2.34. The van der Waals surface area contributed by atoms with Crippen LogP contribution >= 0.6 is 0 Å². The second-order valence-corrected chi connectivity index (χ2v) is 7.40. The van der Waals surface area contributed by atoms with E-state index in [9.17, 15) is 19.5 Å². The van der Waals surface area contributed by atoms with Crippen LogP contribution in [0.15, 0.2) is 24.3 Å². The van der Waals surface area contributed by atoms with Gasteiger partial charge >= 0.3 is 0 Å². The zero-order valence-corrected chi connectivity index (χ0v) is 17.1. The van der Waals surface area contributed by atoms with Crippen molar-refractivity contribution in [3.63, 3.8) is 0 Å². The van der Waals surface area contributed by atoms with Gasteiger partial charge in [-0.2, -0.15) is 0 Å². The van der Waals surface area contributed by atoms with E-state index >= 15 is 0 Å². The summed E-state index contributed by atoms with van der Waals surface area (Å²) in [7, 11) is 0. The molecule has 29 heavy (non-hydrogen) atoms. The summed E-state index contributed by atoms with van der Waals surface area (Å²) in [5, 5.41) is 9.89. The number of phenols is 1. The number of carbonyl (C=O) groups excluding carboxylic acids is 3. The van der Waals surface area contributed by atoms with Gasteiger partial charge < -0.3 is 15.0 Å². The van der Waals surface area contributed by atoms with Crippen LogP contribution in [0.1, 0.15) is 56.3 Å².